The van der Waals surface area contributed by atoms with Crippen molar-refractivity contribution in [3.8, 4) is 17.6 Å². The third-order valence-electron chi connectivity index (χ3n) is 6.68. The molecule has 2 heterocycles. The summed E-state index contributed by atoms with van der Waals surface area (Å²) < 4.78 is 5.38. The molecular weight excluding hydrogens is 414 g/mol. The fraction of sp³-hybridized carbons (Fsp3) is 0.148. The van der Waals surface area contributed by atoms with Gasteiger partial charge in [0.05, 0.1) is 18.0 Å². The molecule has 6 nitrogen and oxygen atoms in total. The van der Waals surface area contributed by atoms with Gasteiger partial charge in [-0.1, -0.05) is 24.1 Å². The van der Waals surface area contributed by atoms with Crippen LogP contribution in [0.25, 0.3) is 10.9 Å². The smallest absolute Gasteiger partial charge is 0.235 e. The van der Waals surface area contributed by atoms with Gasteiger partial charge in [0.2, 0.25) is 5.91 Å². The Bertz CT molecular complexity index is 1510. The first-order chi connectivity index (χ1) is 16.1. The molecule has 0 saturated heterocycles. The molecule has 1 aliphatic heterocycles. The number of H-pyrrole nitrogens is 1. The zero-order valence-corrected chi connectivity index (χ0v) is 17.8. The number of aromatic amines is 1. The van der Waals surface area contributed by atoms with E-state index in [0.29, 0.717) is 5.56 Å². The van der Waals surface area contributed by atoms with Crippen molar-refractivity contribution < 1.29 is 14.3 Å². The first kappa shape index (κ1) is 19.3. The summed E-state index contributed by atoms with van der Waals surface area (Å²) in [5.74, 6) is 7.13. The Morgan fingerprint density at radius 2 is 1.94 bits per heavy atom. The minimum Gasteiger partial charge on any atom is -0.497 e. The van der Waals surface area contributed by atoms with E-state index in [-0.39, 0.29) is 11.8 Å². The van der Waals surface area contributed by atoms with Gasteiger partial charge in [0.15, 0.2) is 0 Å². The van der Waals surface area contributed by atoms with Crippen molar-refractivity contribution in [1.82, 2.24) is 10.2 Å². The number of fused-ring (bicyclic) bond motifs is 3. The van der Waals surface area contributed by atoms with Gasteiger partial charge in [0.25, 0.3) is 0 Å². The van der Waals surface area contributed by atoms with Crippen LogP contribution in [0.5, 0.6) is 5.75 Å². The quantitative estimate of drug-likeness (QED) is 0.375. The SMILES string of the molecule is COc1ccc2c(c1)C1(C[C@H]1c1ccc3c(C#Cc4ccc(C=O)cc4)[nH]nc3c1)C(=O)N2. The summed E-state index contributed by atoms with van der Waals surface area (Å²) in [7, 11) is 1.63. The Balaban J connectivity index is 1.31. The van der Waals surface area contributed by atoms with E-state index in [2.05, 4.69) is 33.4 Å². The number of rotatable bonds is 3. The van der Waals surface area contributed by atoms with Crippen LogP contribution in [0.2, 0.25) is 0 Å². The minimum atomic E-state index is -0.538. The van der Waals surface area contributed by atoms with Gasteiger partial charge in [-0.25, -0.2) is 0 Å². The minimum absolute atomic E-state index is 0.0463. The van der Waals surface area contributed by atoms with Gasteiger partial charge < -0.3 is 10.1 Å². The summed E-state index contributed by atoms with van der Waals surface area (Å²) in [6.07, 6.45) is 1.57. The lowest BCUT2D eigenvalue weighted by atomic mass is 9.91. The summed E-state index contributed by atoms with van der Waals surface area (Å²) in [5.41, 5.74) is 5.41. The number of ether oxygens (including phenoxy) is 1. The van der Waals surface area contributed by atoms with Crippen LogP contribution in [0.15, 0.2) is 60.7 Å². The second kappa shape index (κ2) is 7.07. The number of aldehydes is 1. The number of benzene rings is 3. The molecule has 1 unspecified atom stereocenters. The van der Waals surface area contributed by atoms with E-state index in [0.717, 1.165) is 57.4 Å². The molecule has 4 aromatic rings. The predicted octanol–water partition coefficient (Wildman–Crippen LogP) is 4.16. The number of aromatic nitrogens is 2. The molecule has 0 radical (unpaired) electrons. The molecule has 2 N–H and O–H groups in total. The molecule has 160 valence electrons. The highest BCUT2D eigenvalue weighted by Gasteiger charge is 2.65. The number of methoxy groups -OCH3 is 1. The number of hydrogen-bond donors (Lipinski definition) is 2. The molecule has 6 rings (SSSR count). The molecule has 1 spiro atoms. The number of anilines is 1. The molecule has 33 heavy (non-hydrogen) atoms. The highest BCUT2D eigenvalue weighted by molar-refractivity contribution is 6.10. The van der Waals surface area contributed by atoms with Gasteiger partial charge in [-0.3, -0.25) is 14.7 Å². The van der Waals surface area contributed by atoms with Crippen LogP contribution in [0.4, 0.5) is 5.69 Å². The number of carbonyl (C=O) groups is 2. The molecule has 1 aromatic heterocycles. The van der Waals surface area contributed by atoms with Gasteiger partial charge >= 0.3 is 0 Å². The fourth-order valence-electron chi connectivity index (χ4n) is 4.82. The van der Waals surface area contributed by atoms with Gasteiger partial charge in [-0.2, -0.15) is 5.10 Å². The summed E-state index contributed by atoms with van der Waals surface area (Å²) in [6.45, 7) is 0. The van der Waals surface area contributed by atoms with Crippen molar-refractivity contribution in [2.75, 3.05) is 12.4 Å². The summed E-state index contributed by atoms with van der Waals surface area (Å²) in [4.78, 5) is 23.7. The van der Waals surface area contributed by atoms with E-state index in [1.165, 1.54) is 0 Å². The summed E-state index contributed by atoms with van der Waals surface area (Å²) >= 11 is 0. The average molecular weight is 433 g/mol. The Morgan fingerprint density at radius 3 is 2.73 bits per heavy atom. The maximum absolute atomic E-state index is 12.9. The maximum atomic E-state index is 12.9. The lowest BCUT2D eigenvalue weighted by molar-refractivity contribution is -0.118. The van der Waals surface area contributed by atoms with E-state index < -0.39 is 5.41 Å². The lowest BCUT2D eigenvalue weighted by Crippen LogP contribution is -2.21. The van der Waals surface area contributed by atoms with Crippen molar-refractivity contribution in [2.45, 2.75) is 17.8 Å². The molecule has 1 aliphatic carbocycles. The third kappa shape index (κ3) is 2.94. The van der Waals surface area contributed by atoms with Crippen LogP contribution in [-0.2, 0) is 10.2 Å². The Hall–Kier alpha value is -4.37. The number of hydrogen-bond acceptors (Lipinski definition) is 4. The zero-order valence-electron chi connectivity index (χ0n) is 17.8. The molecule has 2 atom stereocenters. The molecule has 1 fully saturated rings. The Morgan fingerprint density at radius 1 is 1.09 bits per heavy atom. The van der Waals surface area contributed by atoms with E-state index in [1.54, 1.807) is 19.2 Å². The van der Waals surface area contributed by atoms with E-state index in [1.807, 2.05) is 42.5 Å². The van der Waals surface area contributed by atoms with Crippen LogP contribution in [0.3, 0.4) is 0 Å². The number of carbonyl (C=O) groups excluding carboxylic acids is 2. The van der Waals surface area contributed by atoms with Crippen LogP contribution in [-0.4, -0.2) is 29.5 Å². The van der Waals surface area contributed by atoms with Crippen molar-refractivity contribution in [3.05, 3.63) is 88.6 Å². The predicted molar refractivity (Wildman–Crippen MR) is 125 cm³/mol. The highest BCUT2D eigenvalue weighted by atomic mass is 16.5. The average Bonchev–Trinajstić information content (AvgIpc) is 3.39. The lowest BCUT2D eigenvalue weighted by Gasteiger charge is -2.10. The maximum Gasteiger partial charge on any atom is 0.235 e. The first-order valence-corrected chi connectivity index (χ1v) is 10.7. The summed E-state index contributed by atoms with van der Waals surface area (Å²) in [6, 6.07) is 19.0. The van der Waals surface area contributed by atoms with Crippen LogP contribution < -0.4 is 10.1 Å². The second-order valence-corrected chi connectivity index (χ2v) is 8.46. The molecule has 6 heteroatoms. The number of amides is 1. The Kier molecular flexibility index (Phi) is 4.14. The second-order valence-electron chi connectivity index (χ2n) is 8.46. The van der Waals surface area contributed by atoms with Crippen molar-refractivity contribution in [3.63, 3.8) is 0 Å². The first-order valence-electron chi connectivity index (χ1n) is 10.7. The van der Waals surface area contributed by atoms with E-state index >= 15 is 0 Å². The van der Waals surface area contributed by atoms with Gasteiger partial charge in [0, 0.05) is 28.1 Å². The molecule has 2 aliphatic rings. The molecule has 1 saturated carbocycles. The van der Waals surface area contributed by atoms with Gasteiger partial charge in [0.1, 0.15) is 17.7 Å². The monoisotopic (exact) mass is 433 g/mol. The topological polar surface area (TPSA) is 84.1 Å². The normalized spacial score (nSPS) is 20.2. The van der Waals surface area contributed by atoms with Gasteiger partial charge in [-0.15, -0.1) is 0 Å². The Labute approximate surface area is 190 Å². The van der Waals surface area contributed by atoms with E-state index in [9.17, 15) is 9.59 Å². The molecule has 0 bridgehead atoms. The molecule has 1 amide bonds. The van der Waals surface area contributed by atoms with Crippen molar-refractivity contribution >= 4 is 28.8 Å². The molecule has 3 aromatic carbocycles. The van der Waals surface area contributed by atoms with Crippen molar-refractivity contribution in [1.29, 1.82) is 0 Å². The fourth-order valence-corrected chi connectivity index (χ4v) is 4.82. The summed E-state index contributed by atoms with van der Waals surface area (Å²) in [5, 5.41) is 11.4. The third-order valence-corrected chi connectivity index (χ3v) is 6.68. The highest BCUT2D eigenvalue weighted by Crippen LogP contribution is 2.65. The number of nitrogens with one attached hydrogen (secondary N) is 2. The van der Waals surface area contributed by atoms with Crippen molar-refractivity contribution in [2.24, 2.45) is 0 Å². The standard InChI is InChI=1S/C27H19N3O3/c1-33-19-8-11-24-21(13-19)27(26(32)28-24)14-22(27)18-7-9-20-23(29-30-25(20)12-18)10-6-16-2-4-17(15-31)5-3-16/h2-5,7-9,11-13,15,22H,14H2,1H3,(H,28,32)(H,29,30)/t22-,27?/m0/s1. The van der Waals surface area contributed by atoms with Crippen LogP contribution in [0.1, 0.15) is 45.1 Å². The zero-order chi connectivity index (χ0) is 22.6. The number of nitrogens with zero attached hydrogens (tertiary/aromatic N) is 1. The largest absolute Gasteiger partial charge is 0.497 e. The van der Waals surface area contributed by atoms with Crippen LogP contribution in [0, 0.1) is 11.8 Å². The van der Waals surface area contributed by atoms with Gasteiger partial charge in [-0.05, 0) is 65.9 Å². The van der Waals surface area contributed by atoms with E-state index in [4.69, 9.17) is 4.74 Å². The molecular formula is C27H19N3O3. The van der Waals surface area contributed by atoms with Crippen LogP contribution >= 0.6 is 0 Å².